The van der Waals surface area contributed by atoms with E-state index in [1.807, 2.05) is 26.0 Å². The van der Waals surface area contributed by atoms with Gasteiger partial charge in [0.2, 0.25) is 10.0 Å². The molecular formula is C17H20N2O3S. The van der Waals surface area contributed by atoms with Crippen LogP contribution in [0.25, 0.3) is 0 Å². The lowest BCUT2D eigenvalue weighted by atomic mass is 10.1. The predicted molar refractivity (Wildman–Crippen MR) is 91.2 cm³/mol. The third-order valence-electron chi connectivity index (χ3n) is 3.63. The van der Waals surface area contributed by atoms with Crippen LogP contribution in [0.15, 0.2) is 47.4 Å². The van der Waals surface area contributed by atoms with Crippen molar-refractivity contribution in [1.82, 2.24) is 4.31 Å². The summed E-state index contributed by atoms with van der Waals surface area (Å²) in [6, 6.07) is 12.0. The van der Waals surface area contributed by atoms with Crippen LogP contribution in [0.5, 0.6) is 0 Å². The molecule has 5 nitrogen and oxygen atoms in total. The van der Waals surface area contributed by atoms with Gasteiger partial charge in [-0.05, 0) is 43.2 Å². The van der Waals surface area contributed by atoms with Crippen molar-refractivity contribution in [1.29, 1.82) is 0 Å². The molecule has 1 N–H and O–H groups in total. The van der Waals surface area contributed by atoms with Crippen LogP contribution < -0.4 is 5.32 Å². The van der Waals surface area contributed by atoms with E-state index < -0.39 is 10.0 Å². The summed E-state index contributed by atoms with van der Waals surface area (Å²) in [7, 11) is -0.597. The first-order chi connectivity index (χ1) is 10.7. The van der Waals surface area contributed by atoms with E-state index in [2.05, 4.69) is 5.32 Å². The molecule has 1 amide bonds. The molecule has 0 fully saturated rings. The minimum absolute atomic E-state index is 0.146. The molecule has 122 valence electrons. The van der Waals surface area contributed by atoms with Gasteiger partial charge < -0.3 is 5.32 Å². The zero-order valence-electron chi connectivity index (χ0n) is 13.6. The number of anilines is 1. The smallest absolute Gasteiger partial charge is 0.255 e. The van der Waals surface area contributed by atoms with Crippen molar-refractivity contribution >= 4 is 21.6 Å². The molecule has 0 aliphatic heterocycles. The predicted octanol–water partition coefficient (Wildman–Crippen LogP) is 2.81. The molecule has 0 saturated heterocycles. The Bertz CT molecular complexity index is 843. The molecule has 0 saturated carbocycles. The first kappa shape index (κ1) is 17.2. The van der Waals surface area contributed by atoms with Gasteiger partial charge in [-0.1, -0.05) is 24.3 Å². The molecule has 0 unspecified atom stereocenters. The van der Waals surface area contributed by atoms with Crippen molar-refractivity contribution in [2.24, 2.45) is 0 Å². The Balaban J connectivity index is 2.38. The third-order valence-corrected chi connectivity index (χ3v) is 5.44. The molecular weight excluding hydrogens is 312 g/mol. The Kier molecular flexibility index (Phi) is 4.87. The maximum atomic E-state index is 12.4. The topological polar surface area (TPSA) is 66.5 Å². The Labute approximate surface area is 137 Å². The van der Waals surface area contributed by atoms with E-state index in [1.165, 1.54) is 26.2 Å². The van der Waals surface area contributed by atoms with Crippen molar-refractivity contribution in [2.75, 3.05) is 19.4 Å². The molecule has 2 rings (SSSR count). The molecule has 0 bridgehead atoms. The zero-order valence-corrected chi connectivity index (χ0v) is 14.4. The molecule has 0 atom stereocenters. The number of rotatable bonds is 4. The summed E-state index contributed by atoms with van der Waals surface area (Å²) < 4.78 is 25.6. The molecule has 0 aliphatic carbocycles. The van der Waals surface area contributed by atoms with E-state index in [9.17, 15) is 13.2 Å². The zero-order chi connectivity index (χ0) is 17.2. The summed E-state index contributed by atoms with van der Waals surface area (Å²) in [6.07, 6.45) is 0. The van der Waals surface area contributed by atoms with Crippen LogP contribution in [-0.4, -0.2) is 32.7 Å². The number of hydrogen-bond donors (Lipinski definition) is 1. The molecule has 0 aromatic heterocycles. The fourth-order valence-corrected chi connectivity index (χ4v) is 3.05. The van der Waals surface area contributed by atoms with Crippen molar-refractivity contribution in [3.8, 4) is 0 Å². The molecule has 6 heteroatoms. The van der Waals surface area contributed by atoms with Gasteiger partial charge in [0.05, 0.1) is 4.90 Å². The van der Waals surface area contributed by atoms with Crippen LogP contribution in [0.4, 0.5) is 5.69 Å². The fourth-order valence-electron chi connectivity index (χ4n) is 2.12. The highest BCUT2D eigenvalue weighted by molar-refractivity contribution is 7.89. The first-order valence-corrected chi connectivity index (χ1v) is 8.57. The van der Waals surface area contributed by atoms with Crippen LogP contribution in [0, 0.1) is 13.8 Å². The number of nitrogens with zero attached hydrogens (tertiary/aromatic N) is 1. The second kappa shape index (κ2) is 6.52. The number of aryl methyl sites for hydroxylation is 2. The Morgan fingerprint density at radius 3 is 2.26 bits per heavy atom. The van der Waals surface area contributed by atoms with Crippen LogP contribution >= 0.6 is 0 Å². The van der Waals surface area contributed by atoms with Crippen LogP contribution in [0.3, 0.4) is 0 Å². The van der Waals surface area contributed by atoms with Gasteiger partial charge >= 0.3 is 0 Å². The number of nitrogens with one attached hydrogen (secondary N) is 1. The summed E-state index contributed by atoms with van der Waals surface area (Å²) >= 11 is 0. The average molecular weight is 332 g/mol. The molecule has 0 aliphatic rings. The van der Waals surface area contributed by atoms with E-state index in [4.69, 9.17) is 0 Å². The highest BCUT2D eigenvalue weighted by atomic mass is 32.2. The minimum atomic E-state index is -3.54. The lowest BCUT2D eigenvalue weighted by Crippen LogP contribution is -2.22. The van der Waals surface area contributed by atoms with E-state index in [1.54, 1.807) is 18.2 Å². The first-order valence-electron chi connectivity index (χ1n) is 7.13. The van der Waals surface area contributed by atoms with E-state index in [0.717, 1.165) is 15.4 Å². The highest BCUT2D eigenvalue weighted by Gasteiger charge is 2.19. The average Bonchev–Trinajstić information content (AvgIpc) is 2.49. The SMILES string of the molecule is Cc1ccc(S(=O)(=O)N(C)C)cc1NC(=O)c1ccccc1C. The number of benzene rings is 2. The summed E-state index contributed by atoms with van der Waals surface area (Å²) in [5.74, 6) is -0.259. The molecule has 23 heavy (non-hydrogen) atoms. The van der Waals surface area contributed by atoms with E-state index in [0.29, 0.717) is 11.3 Å². The van der Waals surface area contributed by atoms with E-state index in [-0.39, 0.29) is 10.8 Å². The summed E-state index contributed by atoms with van der Waals surface area (Å²) in [5, 5.41) is 2.80. The number of sulfonamides is 1. The third kappa shape index (κ3) is 3.60. The number of hydrogen-bond acceptors (Lipinski definition) is 3. The summed E-state index contributed by atoms with van der Waals surface area (Å²) in [5.41, 5.74) is 2.71. The van der Waals surface area contributed by atoms with Crippen LogP contribution in [0.2, 0.25) is 0 Å². The van der Waals surface area contributed by atoms with Crippen molar-refractivity contribution in [2.45, 2.75) is 18.7 Å². The maximum absolute atomic E-state index is 12.4. The fraction of sp³-hybridized carbons (Fsp3) is 0.235. The molecule has 2 aromatic carbocycles. The van der Waals surface area contributed by atoms with Gasteiger partial charge in [-0.15, -0.1) is 0 Å². The summed E-state index contributed by atoms with van der Waals surface area (Å²) in [6.45, 7) is 3.67. The number of carbonyl (C=O) groups excluding carboxylic acids is 1. The minimum Gasteiger partial charge on any atom is -0.322 e. The van der Waals surface area contributed by atoms with Gasteiger partial charge in [0.25, 0.3) is 5.91 Å². The van der Waals surface area contributed by atoms with Crippen molar-refractivity contribution < 1.29 is 13.2 Å². The van der Waals surface area contributed by atoms with Gasteiger partial charge in [0.1, 0.15) is 0 Å². The van der Waals surface area contributed by atoms with Gasteiger partial charge in [0.15, 0.2) is 0 Å². The standard InChI is InChI=1S/C17H20N2O3S/c1-12-7-5-6-8-15(12)17(20)18-16-11-14(10-9-13(16)2)23(21,22)19(3)4/h5-11H,1-4H3,(H,18,20). The normalized spacial score (nSPS) is 11.5. The number of carbonyl (C=O) groups is 1. The second-order valence-electron chi connectivity index (χ2n) is 5.53. The Morgan fingerprint density at radius 1 is 1.00 bits per heavy atom. The molecule has 2 aromatic rings. The molecule has 0 heterocycles. The Hall–Kier alpha value is -2.18. The van der Waals surface area contributed by atoms with E-state index >= 15 is 0 Å². The van der Waals surface area contributed by atoms with Crippen LogP contribution in [0.1, 0.15) is 21.5 Å². The van der Waals surface area contributed by atoms with Gasteiger partial charge in [-0.2, -0.15) is 0 Å². The molecule has 0 radical (unpaired) electrons. The van der Waals surface area contributed by atoms with Gasteiger partial charge in [-0.25, -0.2) is 12.7 Å². The van der Waals surface area contributed by atoms with Crippen molar-refractivity contribution in [3.05, 3.63) is 59.2 Å². The lowest BCUT2D eigenvalue weighted by molar-refractivity contribution is 0.102. The number of amides is 1. The molecule has 0 spiro atoms. The maximum Gasteiger partial charge on any atom is 0.255 e. The second-order valence-corrected chi connectivity index (χ2v) is 7.69. The lowest BCUT2D eigenvalue weighted by Gasteiger charge is -2.15. The largest absolute Gasteiger partial charge is 0.322 e. The quantitative estimate of drug-likeness (QED) is 0.936. The summed E-state index contributed by atoms with van der Waals surface area (Å²) in [4.78, 5) is 12.6. The van der Waals surface area contributed by atoms with Gasteiger partial charge in [-0.3, -0.25) is 4.79 Å². The van der Waals surface area contributed by atoms with Crippen LogP contribution in [-0.2, 0) is 10.0 Å². The van der Waals surface area contributed by atoms with Gasteiger partial charge in [0, 0.05) is 25.3 Å². The Morgan fingerprint density at radius 2 is 1.65 bits per heavy atom. The highest BCUT2D eigenvalue weighted by Crippen LogP contribution is 2.23. The monoisotopic (exact) mass is 332 g/mol. The van der Waals surface area contributed by atoms with Crippen molar-refractivity contribution in [3.63, 3.8) is 0 Å².